The predicted molar refractivity (Wildman–Crippen MR) is 53.8 cm³/mol. The van der Waals surface area contributed by atoms with Crippen LogP contribution in [-0.2, 0) is 0 Å². The molecule has 0 amide bonds. The largest absolute Gasteiger partial charge is 0.393 e. The Labute approximate surface area is 83.8 Å². The molecule has 1 aromatic rings. The molecule has 0 heterocycles. The highest BCUT2D eigenvalue weighted by atomic mass is 16.3. The standard InChI is InChI=1S/C13H14O/c14-13-9-6-8-11(12(8)13)10(9)7-4-2-1-3-5-7/h1-5,8-14H,6H2/t8?,9?,10-,11?,12?,13+/m0/s1. The maximum absolute atomic E-state index is 9.98. The molecule has 1 aromatic carbocycles. The van der Waals surface area contributed by atoms with E-state index in [0.29, 0.717) is 17.8 Å². The van der Waals surface area contributed by atoms with E-state index in [2.05, 4.69) is 30.3 Å². The first-order valence-electron chi connectivity index (χ1n) is 5.61. The molecular weight excluding hydrogens is 172 g/mol. The van der Waals surface area contributed by atoms with Gasteiger partial charge in [0.25, 0.3) is 0 Å². The summed E-state index contributed by atoms with van der Waals surface area (Å²) in [7, 11) is 0. The van der Waals surface area contributed by atoms with Gasteiger partial charge in [0.1, 0.15) is 0 Å². The average Bonchev–Trinajstić information content (AvgIpc) is 2.55. The number of benzene rings is 1. The second-order valence-electron chi connectivity index (χ2n) is 5.15. The summed E-state index contributed by atoms with van der Waals surface area (Å²) in [6.07, 6.45) is 1.31. The molecule has 4 unspecified atom stereocenters. The Bertz CT molecular complexity index is 372. The Morgan fingerprint density at radius 3 is 2.29 bits per heavy atom. The molecule has 0 saturated heterocycles. The fourth-order valence-electron chi connectivity index (χ4n) is 4.26. The molecular formula is C13H14O. The van der Waals surface area contributed by atoms with E-state index in [1.807, 2.05) is 0 Å². The molecule has 5 rings (SSSR count). The van der Waals surface area contributed by atoms with E-state index in [1.54, 1.807) is 0 Å². The highest BCUT2D eigenvalue weighted by molar-refractivity contribution is 5.34. The summed E-state index contributed by atoms with van der Waals surface area (Å²) in [6, 6.07) is 10.8. The highest BCUT2D eigenvalue weighted by Crippen LogP contribution is 2.75. The zero-order valence-corrected chi connectivity index (χ0v) is 8.01. The van der Waals surface area contributed by atoms with Crippen LogP contribution in [0.4, 0.5) is 0 Å². The Hall–Kier alpha value is -0.820. The van der Waals surface area contributed by atoms with Gasteiger partial charge in [-0.2, -0.15) is 0 Å². The summed E-state index contributed by atoms with van der Waals surface area (Å²) in [6.45, 7) is 0. The van der Waals surface area contributed by atoms with Crippen molar-refractivity contribution in [1.82, 2.24) is 0 Å². The van der Waals surface area contributed by atoms with Crippen LogP contribution in [0, 0.1) is 23.7 Å². The van der Waals surface area contributed by atoms with Crippen molar-refractivity contribution in [2.45, 2.75) is 18.4 Å². The van der Waals surface area contributed by atoms with Gasteiger partial charge in [0.2, 0.25) is 0 Å². The van der Waals surface area contributed by atoms with Crippen molar-refractivity contribution in [1.29, 1.82) is 0 Å². The third-order valence-electron chi connectivity index (χ3n) is 4.73. The smallest absolute Gasteiger partial charge is 0.0608 e. The van der Waals surface area contributed by atoms with Crippen molar-refractivity contribution in [3.8, 4) is 0 Å². The van der Waals surface area contributed by atoms with Crippen LogP contribution >= 0.6 is 0 Å². The molecule has 4 saturated carbocycles. The second kappa shape index (κ2) is 2.22. The number of hydrogen-bond acceptors (Lipinski definition) is 1. The molecule has 1 nitrogen and oxygen atoms in total. The molecule has 0 aliphatic heterocycles. The van der Waals surface area contributed by atoms with E-state index >= 15 is 0 Å². The van der Waals surface area contributed by atoms with Crippen molar-refractivity contribution < 1.29 is 5.11 Å². The fourth-order valence-corrected chi connectivity index (χ4v) is 4.26. The van der Waals surface area contributed by atoms with Crippen LogP contribution in [0.5, 0.6) is 0 Å². The molecule has 1 N–H and O–H groups in total. The van der Waals surface area contributed by atoms with E-state index in [9.17, 15) is 5.11 Å². The lowest BCUT2D eigenvalue weighted by Gasteiger charge is -2.17. The Balaban J connectivity index is 1.76. The van der Waals surface area contributed by atoms with Gasteiger partial charge in [-0.15, -0.1) is 0 Å². The quantitative estimate of drug-likeness (QED) is 0.711. The predicted octanol–water partition coefficient (Wildman–Crippen LogP) is 2.03. The number of rotatable bonds is 1. The molecule has 4 aliphatic rings. The Morgan fingerprint density at radius 1 is 1.00 bits per heavy atom. The van der Waals surface area contributed by atoms with Crippen LogP contribution in [0.15, 0.2) is 30.3 Å². The van der Waals surface area contributed by atoms with Gasteiger partial charge < -0.3 is 5.11 Å². The lowest BCUT2D eigenvalue weighted by molar-refractivity contribution is 0.130. The summed E-state index contributed by atoms with van der Waals surface area (Å²) >= 11 is 0. The van der Waals surface area contributed by atoms with Gasteiger partial charge in [0.15, 0.2) is 0 Å². The topological polar surface area (TPSA) is 20.2 Å². The summed E-state index contributed by atoms with van der Waals surface area (Å²) in [4.78, 5) is 0. The van der Waals surface area contributed by atoms with Crippen LogP contribution in [0.25, 0.3) is 0 Å². The third-order valence-corrected chi connectivity index (χ3v) is 4.73. The van der Waals surface area contributed by atoms with E-state index in [-0.39, 0.29) is 6.10 Å². The molecule has 14 heavy (non-hydrogen) atoms. The lowest BCUT2D eigenvalue weighted by atomic mass is 9.90. The molecule has 6 atom stereocenters. The summed E-state index contributed by atoms with van der Waals surface area (Å²) in [5, 5.41) is 9.98. The van der Waals surface area contributed by atoms with Crippen LogP contribution in [0.3, 0.4) is 0 Å². The third kappa shape index (κ3) is 0.683. The Morgan fingerprint density at radius 2 is 1.79 bits per heavy atom. The van der Waals surface area contributed by atoms with Gasteiger partial charge in [-0.1, -0.05) is 30.3 Å². The van der Waals surface area contributed by atoms with Gasteiger partial charge in [-0.25, -0.2) is 0 Å². The first-order chi connectivity index (χ1) is 6.88. The lowest BCUT2D eigenvalue weighted by Crippen LogP contribution is -2.14. The minimum Gasteiger partial charge on any atom is -0.393 e. The number of aliphatic hydroxyl groups is 1. The molecule has 4 bridgehead atoms. The molecule has 0 radical (unpaired) electrons. The molecule has 0 aromatic heterocycles. The highest BCUT2D eigenvalue weighted by Gasteiger charge is 2.73. The van der Waals surface area contributed by atoms with Crippen LogP contribution in [0.2, 0.25) is 0 Å². The molecule has 0 spiro atoms. The van der Waals surface area contributed by atoms with Gasteiger partial charge >= 0.3 is 0 Å². The van der Waals surface area contributed by atoms with Crippen LogP contribution in [-0.4, -0.2) is 11.2 Å². The Kier molecular flexibility index (Phi) is 1.18. The van der Waals surface area contributed by atoms with E-state index in [1.165, 1.54) is 12.0 Å². The van der Waals surface area contributed by atoms with Crippen LogP contribution in [0.1, 0.15) is 17.9 Å². The summed E-state index contributed by atoms with van der Waals surface area (Å²) in [5.41, 5.74) is 1.46. The molecule has 72 valence electrons. The number of hydrogen-bond donors (Lipinski definition) is 1. The van der Waals surface area contributed by atoms with Crippen molar-refractivity contribution in [3.05, 3.63) is 35.9 Å². The van der Waals surface area contributed by atoms with E-state index < -0.39 is 0 Å². The summed E-state index contributed by atoms with van der Waals surface area (Å²) < 4.78 is 0. The monoisotopic (exact) mass is 186 g/mol. The molecule has 4 fully saturated rings. The molecule has 4 aliphatic carbocycles. The average molecular weight is 186 g/mol. The van der Waals surface area contributed by atoms with Gasteiger partial charge in [-0.05, 0) is 41.6 Å². The normalized spacial score (nSPS) is 52.4. The minimum atomic E-state index is 0.0233. The van der Waals surface area contributed by atoms with Crippen molar-refractivity contribution in [3.63, 3.8) is 0 Å². The number of aliphatic hydroxyl groups excluding tert-OH is 1. The molecule has 1 heteroatoms. The SMILES string of the molecule is O[C@H]1C2C3CC1[C@H](c1ccccc1)C32. The zero-order chi connectivity index (χ0) is 9.28. The fraction of sp³-hybridized carbons (Fsp3) is 0.538. The zero-order valence-electron chi connectivity index (χ0n) is 8.01. The first-order valence-corrected chi connectivity index (χ1v) is 5.61. The van der Waals surface area contributed by atoms with Crippen molar-refractivity contribution >= 4 is 0 Å². The summed E-state index contributed by atoms with van der Waals surface area (Å²) in [5.74, 6) is 3.64. The minimum absolute atomic E-state index is 0.0233. The van der Waals surface area contributed by atoms with Gasteiger partial charge in [0, 0.05) is 0 Å². The first kappa shape index (κ1) is 7.47. The van der Waals surface area contributed by atoms with E-state index in [0.717, 1.165) is 11.8 Å². The van der Waals surface area contributed by atoms with Crippen molar-refractivity contribution in [2.75, 3.05) is 0 Å². The van der Waals surface area contributed by atoms with E-state index in [4.69, 9.17) is 0 Å². The van der Waals surface area contributed by atoms with Crippen molar-refractivity contribution in [2.24, 2.45) is 23.7 Å². The van der Waals surface area contributed by atoms with Crippen LogP contribution < -0.4 is 0 Å². The van der Waals surface area contributed by atoms with Gasteiger partial charge in [0.05, 0.1) is 6.10 Å². The second-order valence-corrected chi connectivity index (χ2v) is 5.15. The van der Waals surface area contributed by atoms with Gasteiger partial charge in [-0.3, -0.25) is 0 Å². The maximum atomic E-state index is 9.98. The maximum Gasteiger partial charge on any atom is 0.0608 e.